The molecular weight excluding hydrogens is 465 g/mol. The summed E-state index contributed by atoms with van der Waals surface area (Å²) in [6.45, 7) is 16.4. The van der Waals surface area contributed by atoms with E-state index in [1.807, 2.05) is 4.90 Å². The molecule has 1 spiro atoms. The van der Waals surface area contributed by atoms with Crippen molar-refractivity contribution >= 4 is 10.5 Å². The summed E-state index contributed by atoms with van der Waals surface area (Å²) in [5.41, 5.74) is 3.80. The number of hydrogen-bond acceptors (Lipinski definition) is 3. The van der Waals surface area contributed by atoms with E-state index in [2.05, 4.69) is 61.8 Å². The molecule has 0 bridgehead atoms. The topological polar surface area (TPSA) is 26.8 Å². The number of fused-ring (bicyclic) bond motifs is 2. The van der Waals surface area contributed by atoms with Crippen molar-refractivity contribution in [2.75, 3.05) is 32.7 Å². The van der Waals surface area contributed by atoms with Crippen molar-refractivity contribution in [1.29, 1.82) is 0 Å². The van der Waals surface area contributed by atoms with E-state index < -0.39 is 0 Å². The van der Waals surface area contributed by atoms with Crippen molar-refractivity contribution in [1.82, 2.24) is 14.7 Å². The standard InChI is InChI=1S/C29H45N3O.Co/c1-6-31(22-24-10-9-18-32(24)23(2)33)27-13-14-29(26-12-8-7-11-25(26)27)16-20-30(21-17-29)19-15-28(3,4)5;/h7-8,11-12,24,27H,6,9-10,13-21H2,1-5H3;/t24?,27-;/m0./s1. The Kier molecular flexibility index (Phi) is 8.08. The quantitative estimate of drug-likeness (QED) is 0.520. The van der Waals surface area contributed by atoms with Gasteiger partial charge in [0.15, 0.2) is 0 Å². The molecule has 5 heteroatoms. The van der Waals surface area contributed by atoms with Crippen LogP contribution in [-0.2, 0) is 25.5 Å². The molecule has 2 saturated heterocycles. The predicted octanol–water partition coefficient (Wildman–Crippen LogP) is 5.30. The molecular formula is C29H45CoN3O. The van der Waals surface area contributed by atoms with Crippen LogP contribution in [0, 0.1) is 5.41 Å². The molecule has 1 unspecified atom stereocenters. The normalized spacial score (nSPS) is 25.1. The summed E-state index contributed by atoms with van der Waals surface area (Å²) < 4.78 is 1.08. The summed E-state index contributed by atoms with van der Waals surface area (Å²) >= 11 is 5.14. The maximum absolute atomic E-state index is 12.2. The number of benzene rings is 1. The number of carbonyl (C=O) groups is 1. The Hall–Kier alpha value is -1.01. The Bertz CT molecular complexity index is 884. The molecule has 0 radical (unpaired) electrons. The van der Waals surface area contributed by atoms with Crippen LogP contribution in [0.5, 0.6) is 0 Å². The van der Waals surface area contributed by atoms with Crippen molar-refractivity contribution in [2.24, 2.45) is 5.41 Å². The zero-order valence-corrected chi connectivity index (χ0v) is 23.1. The molecule has 2 heterocycles. The Morgan fingerprint density at radius 2 is 1.82 bits per heavy atom. The fraction of sp³-hybridized carbons (Fsp3) is 0.724. The number of likely N-dealkylation sites (tertiary alicyclic amines) is 2. The minimum absolute atomic E-state index is 0.131. The van der Waals surface area contributed by atoms with E-state index >= 15 is 0 Å². The number of rotatable bonds is 6. The van der Waals surface area contributed by atoms with Gasteiger partial charge in [-0.2, -0.15) is 0 Å². The average Bonchev–Trinajstić information content (AvgIpc) is 3.31. The van der Waals surface area contributed by atoms with Crippen molar-refractivity contribution < 1.29 is 20.1 Å². The molecule has 4 rings (SSSR count). The van der Waals surface area contributed by atoms with Gasteiger partial charge < -0.3 is 0 Å². The van der Waals surface area contributed by atoms with E-state index in [1.54, 1.807) is 12.5 Å². The van der Waals surface area contributed by atoms with Gasteiger partial charge in [0.2, 0.25) is 0 Å². The molecule has 0 aromatic heterocycles. The van der Waals surface area contributed by atoms with Crippen LogP contribution in [0.4, 0.5) is 0 Å². The van der Waals surface area contributed by atoms with Gasteiger partial charge in [0.25, 0.3) is 0 Å². The van der Waals surface area contributed by atoms with Crippen LogP contribution >= 0.6 is 0 Å². The predicted molar refractivity (Wildman–Crippen MR) is 138 cm³/mol. The molecule has 1 aromatic carbocycles. The summed E-state index contributed by atoms with van der Waals surface area (Å²) in [7, 11) is 0. The summed E-state index contributed by atoms with van der Waals surface area (Å²) in [6.07, 6.45) is 8.32. The van der Waals surface area contributed by atoms with Crippen LogP contribution in [0.2, 0.25) is 0 Å². The summed E-state index contributed by atoms with van der Waals surface area (Å²) in [5, 5.41) is 0. The Labute approximate surface area is 215 Å². The fourth-order valence-electron chi connectivity index (χ4n) is 6.59. The molecule has 3 aliphatic rings. The Morgan fingerprint density at radius 3 is 2.47 bits per heavy atom. The summed E-state index contributed by atoms with van der Waals surface area (Å²) in [6, 6.07) is 9.72. The van der Waals surface area contributed by atoms with Gasteiger partial charge in [0, 0.05) is 0 Å². The number of likely N-dealkylation sites (N-methyl/N-ethyl adjacent to an activating group) is 1. The second-order valence-corrected chi connectivity index (χ2v) is 12.6. The van der Waals surface area contributed by atoms with Crippen LogP contribution in [0.3, 0.4) is 0 Å². The molecule has 2 aliphatic heterocycles. The van der Waals surface area contributed by atoms with E-state index in [0.29, 0.717) is 16.9 Å². The van der Waals surface area contributed by atoms with Crippen LogP contribution in [0.1, 0.15) is 96.7 Å². The fourth-order valence-corrected chi connectivity index (χ4v) is 7.23. The number of hydrogen-bond donors (Lipinski definition) is 0. The molecule has 0 N–H and O–H groups in total. The van der Waals surface area contributed by atoms with E-state index in [1.165, 1.54) is 57.3 Å². The molecule has 1 aliphatic carbocycles. The molecule has 34 heavy (non-hydrogen) atoms. The first-order valence-electron chi connectivity index (χ1n) is 13.5. The van der Waals surface area contributed by atoms with E-state index in [0.717, 1.165) is 30.5 Å². The second kappa shape index (κ2) is 10.5. The van der Waals surface area contributed by atoms with Crippen molar-refractivity contribution in [3.63, 3.8) is 0 Å². The SMILES string of the molecule is CCN([C](=[Co])C1CCCN1C(C)=O)[C@H]1CCC2(CCN(CCC(C)(C)C)CC2)c2ccccc21. The van der Waals surface area contributed by atoms with Gasteiger partial charge in [-0.15, -0.1) is 0 Å². The Balaban J connectivity index is 1.52. The van der Waals surface area contributed by atoms with Gasteiger partial charge in [-0.1, -0.05) is 20.8 Å². The third kappa shape index (κ3) is 5.38. The van der Waals surface area contributed by atoms with Crippen LogP contribution in [-0.4, -0.2) is 64.0 Å². The maximum atomic E-state index is 12.2. The third-order valence-electron chi connectivity index (χ3n) is 8.67. The van der Waals surface area contributed by atoms with Crippen molar-refractivity contribution in [3.8, 4) is 0 Å². The van der Waals surface area contributed by atoms with Gasteiger partial charge in [-0.3, -0.25) is 0 Å². The first kappa shape index (κ1) is 26.1. The number of carbonyl (C=O) groups excluding carboxylic acids is 1. The zero-order valence-electron chi connectivity index (χ0n) is 22.0. The van der Waals surface area contributed by atoms with Gasteiger partial charge >= 0.3 is 195 Å². The van der Waals surface area contributed by atoms with Gasteiger partial charge in [-0.25, -0.2) is 0 Å². The number of nitrogens with zero attached hydrogens (tertiary/aromatic N) is 3. The molecule has 191 valence electrons. The van der Waals surface area contributed by atoms with E-state index in [9.17, 15) is 4.79 Å². The van der Waals surface area contributed by atoms with E-state index in [4.69, 9.17) is 15.3 Å². The van der Waals surface area contributed by atoms with Crippen LogP contribution < -0.4 is 0 Å². The van der Waals surface area contributed by atoms with Gasteiger partial charge in [0.1, 0.15) is 0 Å². The van der Waals surface area contributed by atoms with Gasteiger partial charge in [0.05, 0.1) is 0 Å². The summed E-state index contributed by atoms with van der Waals surface area (Å²) in [5.74, 6) is 0.171. The average molecular weight is 511 g/mol. The molecule has 2 atom stereocenters. The first-order chi connectivity index (χ1) is 16.1. The second-order valence-electron chi connectivity index (χ2n) is 12.0. The molecule has 4 nitrogen and oxygen atoms in total. The van der Waals surface area contributed by atoms with Crippen molar-refractivity contribution in [3.05, 3.63) is 35.4 Å². The third-order valence-corrected chi connectivity index (χ3v) is 9.32. The molecule has 1 amide bonds. The van der Waals surface area contributed by atoms with Crippen molar-refractivity contribution in [2.45, 2.75) is 97.1 Å². The molecule has 0 saturated carbocycles. The first-order valence-corrected chi connectivity index (χ1v) is 14.0. The van der Waals surface area contributed by atoms with E-state index in [-0.39, 0.29) is 11.9 Å². The van der Waals surface area contributed by atoms with Crippen LogP contribution in [0.15, 0.2) is 24.3 Å². The number of piperidine rings is 1. The molecule has 2 fully saturated rings. The zero-order chi connectivity index (χ0) is 24.5. The van der Waals surface area contributed by atoms with Gasteiger partial charge in [-0.05, 0) is 0 Å². The minimum atomic E-state index is 0.131. The monoisotopic (exact) mass is 510 g/mol. The van der Waals surface area contributed by atoms with Crippen LogP contribution in [0.25, 0.3) is 0 Å². The Morgan fingerprint density at radius 1 is 1.12 bits per heavy atom. The molecule has 1 aromatic rings. The number of amides is 1. The summed E-state index contributed by atoms with van der Waals surface area (Å²) in [4.78, 5) is 19.4.